The van der Waals surface area contributed by atoms with E-state index >= 15 is 0 Å². The van der Waals surface area contributed by atoms with Crippen molar-refractivity contribution in [2.24, 2.45) is 10.8 Å². The molecule has 0 N–H and O–H groups in total. The summed E-state index contributed by atoms with van der Waals surface area (Å²) in [5.74, 6) is 0.422. The highest BCUT2D eigenvalue weighted by Gasteiger charge is 2.43. The zero-order valence-electron chi connectivity index (χ0n) is 49.7. The molecular weight excluding hydrogens is 941 g/mol. The van der Waals surface area contributed by atoms with Crippen molar-refractivity contribution < 1.29 is 47.5 Å². The molecule has 0 amide bonds. The highest BCUT2D eigenvalue weighted by molar-refractivity contribution is 5.87. The van der Waals surface area contributed by atoms with Gasteiger partial charge in [0.05, 0.1) is 48.8 Å². The van der Waals surface area contributed by atoms with Crippen molar-refractivity contribution in [3.63, 3.8) is 0 Å². The van der Waals surface area contributed by atoms with E-state index in [4.69, 9.17) is 37.9 Å². The molecule has 10 nitrogen and oxygen atoms in total. The number of carbonyl (C=O) groups excluding carboxylic acids is 2. The summed E-state index contributed by atoms with van der Waals surface area (Å²) in [5, 5.41) is 0. The van der Waals surface area contributed by atoms with Crippen molar-refractivity contribution in [1.82, 2.24) is 0 Å². The molecule has 10 heteroatoms. The zero-order chi connectivity index (χ0) is 56.4. The van der Waals surface area contributed by atoms with Gasteiger partial charge < -0.3 is 37.9 Å². The lowest BCUT2D eigenvalue weighted by atomic mass is 9.73. The Morgan fingerprint density at radius 1 is 0.480 bits per heavy atom. The SMILES string of the molecule is C=CC(=O)OC(C)(C)C(COC(C)(C)C(C)(C)CCCCOC(C)(C)CCOc1ccc(OCCC(C)(C)OCCCCC(C)(C)C(C)(C)OCC(c2ccccc2)C(C)(C)OC(=O)C(=C)C)cc1)c1ccccc1. The first kappa shape index (κ1) is 64.8. The van der Waals surface area contributed by atoms with Gasteiger partial charge in [-0.1, -0.05) is 114 Å². The Kier molecular flexibility index (Phi) is 24.4. The van der Waals surface area contributed by atoms with Crippen LogP contribution in [0.2, 0.25) is 0 Å². The summed E-state index contributed by atoms with van der Waals surface area (Å²) in [6.45, 7) is 46.2. The minimum Gasteiger partial charge on any atom is -0.493 e. The van der Waals surface area contributed by atoms with E-state index in [0.717, 1.165) is 74.0 Å². The van der Waals surface area contributed by atoms with E-state index in [1.54, 1.807) is 6.92 Å². The Morgan fingerprint density at radius 2 is 0.840 bits per heavy atom. The van der Waals surface area contributed by atoms with Gasteiger partial charge in [-0.2, -0.15) is 0 Å². The highest BCUT2D eigenvalue weighted by atomic mass is 16.6. The molecule has 0 spiro atoms. The maximum atomic E-state index is 12.6. The van der Waals surface area contributed by atoms with Crippen molar-refractivity contribution >= 4 is 11.9 Å². The van der Waals surface area contributed by atoms with E-state index in [0.29, 0.717) is 45.2 Å². The van der Waals surface area contributed by atoms with Crippen LogP contribution in [0.5, 0.6) is 11.5 Å². The van der Waals surface area contributed by atoms with Gasteiger partial charge in [-0.15, -0.1) is 0 Å². The Hall–Kier alpha value is -4.48. The van der Waals surface area contributed by atoms with Crippen LogP contribution in [0.25, 0.3) is 0 Å². The first-order valence-electron chi connectivity index (χ1n) is 27.5. The lowest BCUT2D eigenvalue weighted by molar-refractivity contribution is -0.161. The molecule has 0 aliphatic carbocycles. The van der Waals surface area contributed by atoms with Gasteiger partial charge in [-0.25, -0.2) is 9.59 Å². The normalized spacial score (nSPS) is 13.9. The molecule has 3 rings (SSSR count). The van der Waals surface area contributed by atoms with Gasteiger partial charge in [0.15, 0.2) is 0 Å². The summed E-state index contributed by atoms with van der Waals surface area (Å²) in [5.41, 5.74) is -0.888. The summed E-state index contributed by atoms with van der Waals surface area (Å²) in [6, 6.07) is 28.1. The predicted molar refractivity (Wildman–Crippen MR) is 306 cm³/mol. The van der Waals surface area contributed by atoms with E-state index in [9.17, 15) is 9.59 Å². The minimum atomic E-state index is -0.802. The van der Waals surface area contributed by atoms with Crippen LogP contribution in [0, 0.1) is 10.8 Å². The molecule has 0 bridgehead atoms. The van der Waals surface area contributed by atoms with Gasteiger partial charge in [0.25, 0.3) is 0 Å². The maximum Gasteiger partial charge on any atom is 0.333 e. The number of rotatable bonds is 36. The van der Waals surface area contributed by atoms with Gasteiger partial charge in [-0.05, 0) is 162 Å². The largest absolute Gasteiger partial charge is 0.493 e. The highest BCUT2D eigenvalue weighted by Crippen LogP contribution is 2.43. The molecule has 0 fully saturated rings. The van der Waals surface area contributed by atoms with Crippen LogP contribution in [-0.4, -0.2) is 85.2 Å². The van der Waals surface area contributed by atoms with Crippen LogP contribution in [-0.2, 0) is 38.0 Å². The fourth-order valence-electron chi connectivity index (χ4n) is 8.75. The molecule has 0 aliphatic heterocycles. The molecule has 420 valence electrons. The number of benzene rings is 3. The number of esters is 2. The number of carbonyl (C=O) groups is 2. The zero-order valence-corrected chi connectivity index (χ0v) is 49.7. The fraction of sp³-hybridized carbons (Fsp3) is 0.631. The first-order valence-corrected chi connectivity index (χ1v) is 27.5. The summed E-state index contributed by atoms with van der Waals surface area (Å²) in [7, 11) is 0. The van der Waals surface area contributed by atoms with Crippen LogP contribution in [0.1, 0.15) is 192 Å². The van der Waals surface area contributed by atoms with E-state index < -0.39 is 34.3 Å². The molecule has 0 aliphatic rings. The predicted octanol–water partition coefficient (Wildman–Crippen LogP) is 15.8. The summed E-state index contributed by atoms with van der Waals surface area (Å²) in [6.07, 6.45) is 8.54. The lowest BCUT2D eigenvalue weighted by Gasteiger charge is -2.44. The van der Waals surface area contributed by atoms with Crippen molar-refractivity contribution in [2.45, 2.75) is 215 Å². The molecule has 0 heterocycles. The third kappa shape index (κ3) is 21.5. The Labute approximate surface area is 455 Å². The summed E-state index contributed by atoms with van der Waals surface area (Å²) < 4.78 is 50.2. The minimum absolute atomic E-state index is 0.123. The number of hydrogen-bond acceptors (Lipinski definition) is 10. The number of hydrogen-bond donors (Lipinski definition) is 0. The van der Waals surface area contributed by atoms with E-state index in [1.807, 2.05) is 88.4 Å². The van der Waals surface area contributed by atoms with Crippen molar-refractivity contribution in [3.05, 3.63) is 121 Å². The van der Waals surface area contributed by atoms with Gasteiger partial charge in [0, 0.05) is 49.5 Å². The second-order valence-corrected chi connectivity index (χ2v) is 25.1. The van der Waals surface area contributed by atoms with Gasteiger partial charge in [-0.3, -0.25) is 0 Å². The third-order valence-corrected chi connectivity index (χ3v) is 15.9. The average Bonchev–Trinajstić information content (AvgIpc) is 3.31. The third-order valence-electron chi connectivity index (χ3n) is 15.9. The smallest absolute Gasteiger partial charge is 0.333 e. The molecule has 0 saturated heterocycles. The molecule has 3 aromatic carbocycles. The quantitative estimate of drug-likeness (QED) is 0.0317. The number of unbranched alkanes of at least 4 members (excludes halogenated alkanes) is 2. The van der Waals surface area contributed by atoms with Crippen molar-refractivity contribution in [3.8, 4) is 11.5 Å². The van der Waals surface area contributed by atoms with Crippen LogP contribution in [0.3, 0.4) is 0 Å². The molecule has 2 atom stereocenters. The van der Waals surface area contributed by atoms with Crippen LogP contribution >= 0.6 is 0 Å². The van der Waals surface area contributed by atoms with Crippen molar-refractivity contribution in [1.29, 1.82) is 0 Å². The molecule has 2 unspecified atom stereocenters. The standard InChI is InChI=1S/C65H100O10/c1-20-56(66)74-62(12,13)54(50-31-23-21-24-32-50)47-72-64(16,17)58(4,5)39-27-29-43-70-60(8,9)41-45-68-52-35-37-53(38-36-52)69-46-42-61(10,11)71-44-30-28-40-59(6,7)65(18,19)73-48-55(51-33-25-22-26-34-51)63(14,15)75-57(67)49(2)3/h20-26,31-38,54-55H,1-2,27-30,39-48H2,3-19H3. The van der Waals surface area contributed by atoms with Gasteiger partial charge >= 0.3 is 11.9 Å². The van der Waals surface area contributed by atoms with Crippen molar-refractivity contribution in [2.75, 3.05) is 39.6 Å². The molecule has 75 heavy (non-hydrogen) atoms. The number of ether oxygens (including phenoxy) is 8. The Morgan fingerprint density at radius 3 is 1.19 bits per heavy atom. The summed E-state index contributed by atoms with van der Waals surface area (Å²) >= 11 is 0. The molecule has 0 saturated carbocycles. The van der Waals surface area contributed by atoms with Crippen LogP contribution < -0.4 is 9.47 Å². The maximum absolute atomic E-state index is 12.6. The first-order chi connectivity index (χ1) is 34.8. The molecule has 0 radical (unpaired) electrons. The average molecular weight is 1040 g/mol. The second kappa shape index (κ2) is 28.2. The van der Waals surface area contributed by atoms with E-state index in [-0.39, 0.29) is 33.9 Å². The Balaban J connectivity index is 1.34. The second-order valence-electron chi connectivity index (χ2n) is 25.1. The molecule has 0 aromatic heterocycles. The fourth-order valence-corrected chi connectivity index (χ4v) is 8.75. The Bertz CT molecular complexity index is 2180. The monoisotopic (exact) mass is 1040 g/mol. The van der Waals surface area contributed by atoms with E-state index in [2.05, 4.69) is 121 Å². The van der Waals surface area contributed by atoms with Gasteiger partial charge in [0.1, 0.15) is 22.7 Å². The molecule has 3 aromatic rings. The topological polar surface area (TPSA) is 108 Å². The van der Waals surface area contributed by atoms with E-state index in [1.165, 1.54) is 6.08 Å². The van der Waals surface area contributed by atoms with Crippen LogP contribution in [0.4, 0.5) is 0 Å². The lowest BCUT2D eigenvalue weighted by Crippen LogP contribution is -2.45. The van der Waals surface area contributed by atoms with Gasteiger partial charge in [0.2, 0.25) is 0 Å². The molecular formula is C65H100O10. The summed E-state index contributed by atoms with van der Waals surface area (Å²) in [4.78, 5) is 24.8. The van der Waals surface area contributed by atoms with Crippen LogP contribution in [0.15, 0.2) is 110 Å².